The molecule has 0 aliphatic rings. The van der Waals surface area contributed by atoms with Gasteiger partial charge in [0, 0.05) is 19.3 Å². The third kappa shape index (κ3) is 44.2. The van der Waals surface area contributed by atoms with Crippen LogP contribution in [0.5, 0.6) is 0 Å². The van der Waals surface area contributed by atoms with Crippen molar-refractivity contribution in [3.05, 3.63) is 60.8 Å². The Kier molecular flexibility index (Phi) is 44.5. The van der Waals surface area contributed by atoms with E-state index < -0.39 is 6.10 Å². The van der Waals surface area contributed by atoms with Crippen molar-refractivity contribution in [1.29, 1.82) is 0 Å². The van der Waals surface area contributed by atoms with Crippen molar-refractivity contribution < 1.29 is 28.6 Å². The van der Waals surface area contributed by atoms with Gasteiger partial charge in [0.1, 0.15) is 13.2 Å². The van der Waals surface area contributed by atoms with Crippen molar-refractivity contribution in [1.82, 2.24) is 0 Å². The monoisotopic (exact) mass is 811 g/mol. The van der Waals surface area contributed by atoms with Gasteiger partial charge in [0.15, 0.2) is 6.10 Å². The molecule has 6 nitrogen and oxygen atoms in total. The van der Waals surface area contributed by atoms with Gasteiger partial charge < -0.3 is 14.2 Å². The molecule has 1 atom stereocenters. The summed E-state index contributed by atoms with van der Waals surface area (Å²) < 4.78 is 16.7. The number of allylic oxidation sites excluding steroid dienone is 10. The Bertz CT molecular complexity index is 1070. The highest BCUT2D eigenvalue weighted by Crippen LogP contribution is 2.14. The molecule has 334 valence electrons. The highest BCUT2D eigenvalue weighted by Gasteiger charge is 2.19. The summed E-state index contributed by atoms with van der Waals surface area (Å²) in [7, 11) is 0. The normalized spacial score (nSPS) is 12.5. The fourth-order valence-corrected chi connectivity index (χ4v) is 6.64. The lowest BCUT2D eigenvalue weighted by Crippen LogP contribution is -2.30. The van der Waals surface area contributed by atoms with Gasteiger partial charge in [0.2, 0.25) is 0 Å². The van der Waals surface area contributed by atoms with Crippen LogP contribution in [0.1, 0.15) is 233 Å². The molecule has 0 saturated carbocycles. The van der Waals surface area contributed by atoms with Crippen LogP contribution >= 0.6 is 0 Å². The van der Waals surface area contributed by atoms with Crippen LogP contribution < -0.4 is 0 Å². The minimum atomic E-state index is -0.781. The second-order valence-electron chi connectivity index (χ2n) is 16.0. The number of unbranched alkanes of at least 4 members (excludes halogenated alkanes) is 22. The van der Waals surface area contributed by atoms with E-state index in [4.69, 9.17) is 14.2 Å². The zero-order valence-corrected chi connectivity index (χ0v) is 38.0. The molecule has 0 unspecified atom stereocenters. The summed E-state index contributed by atoms with van der Waals surface area (Å²) >= 11 is 0. The number of hydrogen-bond acceptors (Lipinski definition) is 6. The molecule has 0 bridgehead atoms. The van der Waals surface area contributed by atoms with Crippen molar-refractivity contribution in [2.24, 2.45) is 0 Å². The first-order valence-corrected chi connectivity index (χ1v) is 24.3. The molecule has 0 N–H and O–H groups in total. The summed E-state index contributed by atoms with van der Waals surface area (Å²) in [5.74, 6) is -0.917. The number of hydrogen-bond donors (Lipinski definition) is 0. The molecule has 0 heterocycles. The van der Waals surface area contributed by atoms with Crippen LogP contribution in [-0.4, -0.2) is 37.2 Å². The van der Waals surface area contributed by atoms with Gasteiger partial charge in [-0.25, -0.2) is 0 Å². The van der Waals surface area contributed by atoms with Gasteiger partial charge in [-0.05, 0) is 64.2 Å². The Morgan fingerprint density at radius 1 is 0.362 bits per heavy atom. The lowest BCUT2D eigenvalue weighted by atomic mass is 10.0. The molecule has 0 fully saturated rings. The third-order valence-electron chi connectivity index (χ3n) is 10.3. The fraction of sp³-hybridized carbons (Fsp3) is 0.750. The average Bonchev–Trinajstić information content (AvgIpc) is 3.22. The van der Waals surface area contributed by atoms with E-state index in [1.54, 1.807) is 0 Å². The van der Waals surface area contributed by atoms with Gasteiger partial charge >= 0.3 is 17.9 Å². The first-order chi connectivity index (χ1) is 28.5. The lowest BCUT2D eigenvalue weighted by molar-refractivity contribution is -0.167. The summed E-state index contributed by atoms with van der Waals surface area (Å²) in [6, 6.07) is 0. The number of ether oxygens (including phenoxy) is 3. The molecular formula is C52H90O6. The molecule has 0 amide bonds. The van der Waals surface area contributed by atoms with Gasteiger partial charge in [0.25, 0.3) is 0 Å². The summed E-state index contributed by atoms with van der Waals surface area (Å²) in [5, 5.41) is 0. The first kappa shape index (κ1) is 55.1. The van der Waals surface area contributed by atoms with E-state index in [-0.39, 0.29) is 31.1 Å². The molecule has 58 heavy (non-hydrogen) atoms. The summed E-state index contributed by atoms with van der Waals surface area (Å²) in [5.41, 5.74) is 0. The molecule has 0 aliphatic carbocycles. The van der Waals surface area contributed by atoms with Gasteiger partial charge in [-0.15, -0.1) is 0 Å². The minimum absolute atomic E-state index is 0.0824. The van der Waals surface area contributed by atoms with E-state index in [1.165, 1.54) is 96.3 Å². The van der Waals surface area contributed by atoms with Gasteiger partial charge in [0.05, 0.1) is 0 Å². The molecular weight excluding hydrogens is 721 g/mol. The SMILES string of the molecule is CC/C=C\C/C=C\C/C=C\C/C=C\C/C=C\CCCCCC(=O)OC[C@@H](COC(=O)CCCCCCCCCCC)OC(=O)CCCCCCCCCCCCCC. The molecule has 0 rings (SSSR count). The average molecular weight is 811 g/mol. The van der Waals surface area contributed by atoms with Crippen LogP contribution in [-0.2, 0) is 28.6 Å². The molecule has 0 aliphatic heterocycles. The molecule has 0 aromatic carbocycles. The summed E-state index contributed by atoms with van der Waals surface area (Å²) in [4.78, 5) is 37.8. The standard InChI is InChI=1S/C52H90O6/c1-4-7-10-13-16-19-21-23-24-25-26-27-28-29-31-33-36-39-42-45-51(54)57-48-49(47-56-50(53)44-41-38-35-32-18-15-12-9-6-3)58-52(55)46-43-40-37-34-30-22-20-17-14-11-8-5-2/h7,10,16,19,23-24,26-27,29,31,49H,4-6,8-9,11-15,17-18,20-22,25,28,30,32-48H2,1-3H3/b10-7-,19-16-,24-23-,27-26-,31-29-/t49-/m1/s1. The van der Waals surface area contributed by atoms with E-state index in [2.05, 4.69) is 81.5 Å². The first-order valence-electron chi connectivity index (χ1n) is 24.3. The molecule has 0 spiro atoms. The largest absolute Gasteiger partial charge is 0.462 e. The maximum atomic E-state index is 12.7. The van der Waals surface area contributed by atoms with Crippen molar-refractivity contribution in [2.75, 3.05) is 13.2 Å². The topological polar surface area (TPSA) is 78.9 Å². The molecule has 0 saturated heterocycles. The molecule has 6 heteroatoms. The highest BCUT2D eigenvalue weighted by atomic mass is 16.6. The smallest absolute Gasteiger partial charge is 0.306 e. The van der Waals surface area contributed by atoms with E-state index in [9.17, 15) is 14.4 Å². The molecule has 0 aromatic heterocycles. The van der Waals surface area contributed by atoms with Gasteiger partial charge in [-0.1, -0.05) is 210 Å². The van der Waals surface area contributed by atoms with Crippen LogP contribution in [0.15, 0.2) is 60.8 Å². The van der Waals surface area contributed by atoms with Crippen LogP contribution in [0.2, 0.25) is 0 Å². The Hall–Kier alpha value is -2.89. The van der Waals surface area contributed by atoms with Gasteiger partial charge in [-0.2, -0.15) is 0 Å². The second-order valence-corrected chi connectivity index (χ2v) is 16.0. The van der Waals surface area contributed by atoms with E-state index in [0.717, 1.165) is 96.3 Å². The lowest BCUT2D eigenvalue weighted by Gasteiger charge is -2.18. The van der Waals surface area contributed by atoms with Crippen LogP contribution in [0.25, 0.3) is 0 Å². The molecule has 0 radical (unpaired) electrons. The Labute approximate surface area is 358 Å². The van der Waals surface area contributed by atoms with Crippen LogP contribution in [0, 0.1) is 0 Å². The van der Waals surface area contributed by atoms with Crippen LogP contribution in [0.3, 0.4) is 0 Å². The summed E-state index contributed by atoms with van der Waals surface area (Å²) in [6.07, 6.45) is 56.3. The van der Waals surface area contributed by atoms with E-state index in [0.29, 0.717) is 19.3 Å². The Morgan fingerprint density at radius 2 is 0.672 bits per heavy atom. The van der Waals surface area contributed by atoms with Crippen molar-refractivity contribution >= 4 is 17.9 Å². The minimum Gasteiger partial charge on any atom is -0.462 e. The summed E-state index contributed by atoms with van der Waals surface area (Å²) in [6.45, 7) is 6.47. The number of carbonyl (C=O) groups excluding carboxylic acids is 3. The number of carbonyl (C=O) groups is 3. The van der Waals surface area contributed by atoms with E-state index >= 15 is 0 Å². The maximum Gasteiger partial charge on any atom is 0.306 e. The Morgan fingerprint density at radius 3 is 1.05 bits per heavy atom. The second kappa shape index (κ2) is 46.8. The van der Waals surface area contributed by atoms with Crippen molar-refractivity contribution in [2.45, 2.75) is 239 Å². The maximum absolute atomic E-state index is 12.7. The van der Waals surface area contributed by atoms with Gasteiger partial charge in [-0.3, -0.25) is 14.4 Å². The van der Waals surface area contributed by atoms with E-state index in [1.807, 2.05) is 0 Å². The number of rotatable bonds is 43. The molecule has 0 aromatic rings. The predicted molar refractivity (Wildman–Crippen MR) is 247 cm³/mol. The predicted octanol–water partition coefficient (Wildman–Crippen LogP) is 15.7. The van der Waals surface area contributed by atoms with Crippen molar-refractivity contribution in [3.63, 3.8) is 0 Å². The zero-order valence-electron chi connectivity index (χ0n) is 38.0. The fourth-order valence-electron chi connectivity index (χ4n) is 6.64. The quantitative estimate of drug-likeness (QED) is 0.0264. The Balaban J connectivity index is 4.37. The highest BCUT2D eigenvalue weighted by molar-refractivity contribution is 5.71. The van der Waals surface area contributed by atoms with Crippen LogP contribution in [0.4, 0.5) is 0 Å². The zero-order chi connectivity index (χ0) is 42.3. The number of esters is 3. The van der Waals surface area contributed by atoms with Crippen molar-refractivity contribution in [3.8, 4) is 0 Å². The third-order valence-corrected chi connectivity index (χ3v) is 10.3.